The van der Waals surface area contributed by atoms with Crippen LogP contribution in [0.5, 0.6) is 0 Å². The standard InChI is InChI=1S/C5H3F3N2.H4N2/c6-5(7,8)4-1-2-9-3-10-4;1-2/h1-3H;1-2H2. The van der Waals surface area contributed by atoms with Gasteiger partial charge < -0.3 is 0 Å². The zero-order valence-corrected chi connectivity index (χ0v) is 5.92. The Bertz CT molecular complexity index is 210. The molecule has 0 aliphatic heterocycles. The van der Waals surface area contributed by atoms with Crippen LogP contribution in [0, 0.1) is 0 Å². The summed E-state index contributed by atoms with van der Waals surface area (Å²) in [6.45, 7) is 0. The number of alkyl halides is 3. The predicted molar refractivity (Wildman–Crippen MR) is 35.4 cm³/mol. The van der Waals surface area contributed by atoms with E-state index in [0.717, 1.165) is 18.6 Å². The summed E-state index contributed by atoms with van der Waals surface area (Å²) < 4.78 is 35.1. The Morgan fingerprint density at radius 3 is 2.08 bits per heavy atom. The van der Waals surface area contributed by atoms with Gasteiger partial charge in [-0.15, -0.1) is 0 Å². The average molecular weight is 180 g/mol. The highest BCUT2D eigenvalue weighted by atomic mass is 19.4. The number of hydrogen-bond acceptors (Lipinski definition) is 4. The molecule has 1 aromatic rings. The summed E-state index contributed by atoms with van der Waals surface area (Å²) >= 11 is 0. The van der Waals surface area contributed by atoms with Crippen molar-refractivity contribution in [3.8, 4) is 0 Å². The second kappa shape index (κ2) is 4.62. The van der Waals surface area contributed by atoms with Crippen molar-refractivity contribution in [1.29, 1.82) is 0 Å². The van der Waals surface area contributed by atoms with Crippen LogP contribution in [0.1, 0.15) is 5.69 Å². The minimum Gasteiger partial charge on any atom is -0.274 e. The third-order valence-corrected chi connectivity index (χ3v) is 0.872. The molecule has 68 valence electrons. The van der Waals surface area contributed by atoms with Gasteiger partial charge in [0.05, 0.1) is 0 Å². The van der Waals surface area contributed by atoms with Crippen molar-refractivity contribution >= 4 is 0 Å². The Hall–Kier alpha value is -1.21. The third kappa shape index (κ3) is 3.26. The maximum absolute atomic E-state index is 11.7. The highest BCUT2D eigenvalue weighted by Crippen LogP contribution is 2.26. The first-order valence-corrected chi connectivity index (χ1v) is 2.77. The van der Waals surface area contributed by atoms with Gasteiger partial charge in [0.2, 0.25) is 0 Å². The highest BCUT2D eigenvalue weighted by Gasteiger charge is 2.31. The van der Waals surface area contributed by atoms with Gasteiger partial charge in [-0.3, -0.25) is 11.7 Å². The topological polar surface area (TPSA) is 77.8 Å². The molecule has 0 saturated heterocycles. The molecule has 0 fully saturated rings. The first kappa shape index (κ1) is 10.8. The van der Waals surface area contributed by atoms with Crippen LogP contribution in [0.25, 0.3) is 0 Å². The van der Waals surface area contributed by atoms with Gasteiger partial charge in [0.25, 0.3) is 0 Å². The Balaban J connectivity index is 0.000000561. The van der Waals surface area contributed by atoms with E-state index in [2.05, 4.69) is 21.7 Å². The lowest BCUT2D eigenvalue weighted by molar-refractivity contribution is -0.141. The van der Waals surface area contributed by atoms with Gasteiger partial charge in [-0.1, -0.05) is 0 Å². The second-order valence-electron chi connectivity index (χ2n) is 1.59. The van der Waals surface area contributed by atoms with Gasteiger partial charge in [-0.2, -0.15) is 13.2 Å². The van der Waals surface area contributed by atoms with E-state index in [1.165, 1.54) is 0 Å². The number of aromatic nitrogens is 2. The zero-order valence-electron chi connectivity index (χ0n) is 5.92. The van der Waals surface area contributed by atoms with Crippen LogP contribution in [0.2, 0.25) is 0 Å². The first-order valence-electron chi connectivity index (χ1n) is 2.77. The van der Waals surface area contributed by atoms with Crippen molar-refractivity contribution in [2.75, 3.05) is 0 Å². The molecule has 0 atom stereocenters. The number of rotatable bonds is 0. The number of nitrogens with two attached hydrogens (primary N) is 2. The number of nitrogens with zero attached hydrogens (tertiary/aromatic N) is 2. The van der Waals surface area contributed by atoms with Gasteiger partial charge in [0, 0.05) is 6.20 Å². The van der Waals surface area contributed by atoms with Crippen LogP contribution in [0.3, 0.4) is 0 Å². The molecule has 1 rings (SSSR count). The maximum Gasteiger partial charge on any atom is 0.433 e. The molecule has 1 aromatic heterocycles. The molecule has 0 saturated carbocycles. The van der Waals surface area contributed by atoms with E-state index >= 15 is 0 Å². The fourth-order valence-corrected chi connectivity index (χ4v) is 0.458. The molecule has 7 heteroatoms. The fourth-order valence-electron chi connectivity index (χ4n) is 0.458. The van der Waals surface area contributed by atoms with Crippen molar-refractivity contribution in [2.45, 2.75) is 6.18 Å². The molecule has 0 aromatic carbocycles. The van der Waals surface area contributed by atoms with Crippen molar-refractivity contribution in [2.24, 2.45) is 11.7 Å². The smallest absolute Gasteiger partial charge is 0.274 e. The lowest BCUT2D eigenvalue weighted by Crippen LogP contribution is -2.07. The van der Waals surface area contributed by atoms with E-state index in [-0.39, 0.29) is 0 Å². The Morgan fingerprint density at radius 2 is 1.83 bits per heavy atom. The minimum atomic E-state index is -4.36. The second-order valence-corrected chi connectivity index (χ2v) is 1.59. The largest absolute Gasteiger partial charge is 0.433 e. The average Bonchev–Trinajstić information content (AvgIpc) is 2.08. The van der Waals surface area contributed by atoms with E-state index in [4.69, 9.17) is 0 Å². The molecular weight excluding hydrogens is 173 g/mol. The molecule has 0 unspecified atom stereocenters. The van der Waals surface area contributed by atoms with Gasteiger partial charge in [-0.05, 0) is 6.07 Å². The molecule has 0 amide bonds. The van der Waals surface area contributed by atoms with Gasteiger partial charge >= 0.3 is 6.18 Å². The van der Waals surface area contributed by atoms with Crippen LogP contribution in [0.4, 0.5) is 13.2 Å². The molecule has 0 radical (unpaired) electrons. The van der Waals surface area contributed by atoms with Crippen LogP contribution in [0.15, 0.2) is 18.6 Å². The zero-order chi connectivity index (χ0) is 9.61. The number of hydrazine groups is 1. The third-order valence-electron chi connectivity index (χ3n) is 0.872. The molecule has 4 nitrogen and oxygen atoms in total. The van der Waals surface area contributed by atoms with Gasteiger partial charge in [-0.25, -0.2) is 9.97 Å². The van der Waals surface area contributed by atoms with E-state index < -0.39 is 11.9 Å². The Labute approximate surface area is 66.4 Å². The highest BCUT2D eigenvalue weighted by molar-refractivity contribution is 5.01. The quantitative estimate of drug-likeness (QED) is 0.445. The van der Waals surface area contributed by atoms with Crippen LogP contribution in [-0.2, 0) is 6.18 Å². The SMILES string of the molecule is FC(F)(F)c1ccncn1.NN. The summed E-state index contributed by atoms with van der Waals surface area (Å²) in [5.74, 6) is 8.00. The van der Waals surface area contributed by atoms with Crippen LogP contribution < -0.4 is 11.7 Å². The summed E-state index contributed by atoms with van der Waals surface area (Å²) in [7, 11) is 0. The lowest BCUT2D eigenvalue weighted by atomic mass is 10.4. The summed E-state index contributed by atoms with van der Waals surface area (Å²) in [5.41, 5.74) is -0.914. The lowest BCUT2D eigenvalue weighted by Gasteiger charge is -2.02. The van der Waals surface area contributed by atoms with Crippen LogP contribution >= 0.6 is 0 Å². The summed E-state index contributed by atoms with van der Waals surface area (Å²) in [5, 5.41) is 0. The van der Waals surface area contributed by atoms with E-state index in [0.29, 0.717) is 0 Å². The first-order chi connectivity index (χ1) is 5.61. The van der Waals surface area contributed by atoms with Crippen molar-refractivity contribution in [3.05, 3.63) is 24.3 Å². The molecule has 12 heavy (non-hydrogen) atoms. The molecule has 4 N–H and O–H groups in total. The number of halogens is 3. The van der Waals surface area contributed by atoms with Crippen molar-refractivity contribution in [1.82, 2.24) is 9.97 Å². The van der Waals surface area contributed by atoms with E-state index in [9.17, 15) is 13.2 Å². The van der Waals surface area contributed by atoms with E-state index in [1.807, 2.05) is 0 Å². The number of hydrogen-bond donors (Lipinski definition) is 2. The van der Waals surface area contributed by atoms with Crippen molar-refractivity contribution < 1.29 is 13.2 Å². The predicted octanol–water partition coefficient (Wildman–Crippen LogP) is 0.314. The Morgan fingerprint density at radius 1 is 1.25 bits per heavy atom. The minimum absolute atomic E-state index is 0.819. The molecular formula is C5H7F3N4. The maximum atomic E-state index is 11.7. The van der Waals surface area contributed by atoms with Crippen LogP contribution in [-0.4, -0.2) is 9.97 Å². The summed E-state index contributed by atoms with van der Waals surface area (Å²) in [4.78, 5) is 6.36. The molecule has 1 heterocycles. The normalized spacial score (nSPS) is 10.1. The molecule has 0 aliphatic carbocycles. The van der Waals surface area contributed by atoms with Crippen molar-refractivity contribution in [3.63, 3.8) is 0 Å². The van der Waals surface area contributed by atoms with Gasteiger partial charge in [0.1, 0.15) is 12.0 Å². The summed E-state index contributed by atoms with van der Waals surface area (Å²) in [6.07, 6.45) is -2.44. The fraction of sp³-hybridized carbons (Fsp3) is 0.200. The monoisotopic (exact) mass is 180 g/mol. The molecule has 0 bridgehead atoms. The molecule has 0 aliphatic rings. The van der Waals surface area contributed by atoms with E-state index in [1.54, 1.807) is 0 Å². The Kier molecular flexibility index (Phi) is 4.16. The van der Waals surface area contributed by atoms with Gasteiger partial charge in [0.15, 0.2) is 0 Å². The summed E-state index contributed by atoms with van der Waals surface area (Å²) in [6, 6.07) is 0.819. The molecule has 0 spiro atoms.